The summed E-state index contributed by atoms with van der Waals surface area (Å²) in [7, 11) is -2.26. The molecule has 3 atom stereocenters. The van der Waals surface area contributed by atoms with Crippen LogP contribution in [0.2, 0.25) is 0 Å². The molecule has 34 heavy (non-hydrogen) atoms. The predicted octanol–water partition coefficient (Wildman–Crippen LogP) is 1.96. The Kier molecular flexibility index (Phi) is 8.45. The number of rotatable bonds is 7. The van der Waals surface area contributed by atoms with Crippen molar-refractivity contribution in [2.45, 2.75) is 44.2 Å². The third-order valence-electron chi connectivity index (χ3n) is 5.89. The fourth-order valence-corrected chi connectivity index (χ4v) is 5.62. The summed E-state index contributed by atoms with van der Waals surface area (Å²) in [6.45, 7) is 6.19. The van der Waals surface area contributed by atoms with Crippen LogP contribution in [0.1, 0.15) is 27.2 Å². The quantitative estimate of drug-likeness (QED) is 0.607. The van der Waals surface area contributed by atoms with Gasteiger partial charge in [-0.05, 0) is 31.0 Å². The summed E-state index contributed by atoms with van der Waals surface area (Å²) < 4.78 is 34.7. The highest BCUT2D eigenvalue weighted by Crippen LogP contribution is 2.36. The molecule has 3 rings (SSSR count). The maximum atomic E-state index is 13.6. The van der Waals surface area contributed by atoms with Crippen molar-refractivity contribution in [2.75, 3.05) is 33.3 Å². The lowest BCUT2D eigenvalue weighted by molar-refractivity contribution is 0.0813. The highest BCUT2D eigenvalue weighted by atomic mass is 32.2. The number of fused-ring (bicyclic) bond motifs is 1. The van der Waals surface area contributed by atoms with Gasteiger partial charge in [-0.2, -0.15) is 4.31 Å². The first-order chi connectivity index (χ1) is 16.2. The molecule has 2 heterocycles. The second kappa shape index (κ2) is 11.1. The Hall–Kier alpha value is -2.76. The molecule has 2 N–H and O–H groups in total. The van der Waals surface area contributed by atoms with Crippen molar-refractivity contribution in [3.8, 4) is 16.9 Å². The number of hydrogen-bond donors (Lipinski definition) is 2. The van der Waals surface area contributed by atoms with Crippen molar-refractivity contribution < 1.29 is 23.1 Å². The number of nitrogens with zero attached hydrogens (tertiary/aromatic N) is 4. The maximum absolute atomic E-state index is 13.6. The molecule has 0 saturated heterocycles. The van der Waals surface area contributed by atoms with Gasteiger partial charge < -0.3 is 20.1 Å². The van der Waals surface area contributed by atoms with Crippen LogP contribution in [-0.2, 0) is 10.0 Å². The SMILES string of the molecule is CCCNC(=O)N(C)C[C@@H]1Oc2cc(-c3cncnc3)ccc2S(=O)(=O)N([C@@H](C)CO)C[C@H]1C. The molecule has 0 aliphatic carbocycles. The molecule has 2 aromatic rings. The first kappa shape index (κ1) is 25.9. The Morgan fingerprint density at radius 3 is 2.68 bits per heavy atom. The largest absolute Gasteiger partial charge is 0.487 e. The number of nitrogens with one attached hydrogen (secondary N) is 1. The zero-order valence-electron chi connectivity index (χ0n) is 20.0. The normalized spacial score (nSPS) is 20.9. The van der Waals surface area contributed by atoms with Crippen LogP contribution < -0.4 is 10.1 Å². The van der Waals surface area contributed by atoms with Crippen LogP contribution in [0.5, 0.6) is 5.75 Å². The number of amides is 2. The van der Waals surface area contributed by atoms with Crippen LogP contribution >= 0.6 is 0 Å². The molecule has 11 heteroatoms. The van der Waals surface area contributed by atoms with Gasteiger partial charge in [-0.3, -0.25) is 0 Å². The number of aliphatic hydroxyl groups excluding tert-OH is 1. The summed E-state index contributed by atoms with van der Waals surface area (Å²) in [4.78, 5) is 22.1. The Morgan fingerprint density at radius 2 is 2.03 bits per heavy atom. The monoisotopic (exact) mass is 491 g/mol. The van der Waals surface area contributed by atoms with Gasteiger partial charge in [0.15, 0.2) is 0 Å². The molecule has 0 saturated carbocycles. The molecular weight excluding hydrogens is 458 g/mol. The van der Waals surface area contributed by atoms with Gasteiger partial charge in [-0.25, -0.2) is 23.2 Å². The maximum Gasteiger partial charge on any atom is 0.317 e. The molecular formula is C23H33N5O5S. The minimum absolute atomic E-state index is 0.0170. The lowest BCUT2D eigenvalue weighted by atomic mass is 10.0. The summed E-state index contributed by atoms with van der Waals surface area (Å²) >= 11 is 0. The zero-order chi connectivity index (χ0) is 24.9. The molecule has 0 fully saturated rings. The van der Waals surface area contributed by atoms with Crippen LogP contribution in [0.4, 0.5) is 4.79 Å². The fourth-order valence-electron chi connectivity index (χ4n) is 3.79. The van der Waals surface area contributed by atoms with E-state index in [1.54, 1.807) is 43.4 Å². The number of carbonyl (C=O) groups is 1. The number of likely N-dealkylation sites (N-methyl/N-ethyl adjacent to an activating group) is 1. The number of carbonyl (C=O) groups excluding carboxylic acids is 1. The highest BCUT2D eigenvalue weighted by Gasteiger charge is 2.38. The van der Waals surface area contributed by atoms with E-state index in [0.717, 1.165) is 12.0 Å². The van der Waals surface area contributed by atoms with Crippen LogP contribution in [0, 0.1) is 5.92 Å². The summed E-state index contributed by atoms with van der Waals surface area (Å²) in [5.41, 5.74) is 1.42. The first-order valence-electron chi connectivity index (χ1n) is 11.4. The van der Waals surface area contributed by atoms with E-state index in [1.165, 1.54) is 16.7 Å². The molecule has 0 spiro atoms. The number of ether oxygens (including phenoxy) is 1. The van der Waals surface area contributed by atoms with Crippen molar-refractivity contribution >= 4 is 16.1 Å². The van der Waals surface area contributed by atoms with Gasteiger partial charge >= 0.3 is 6.03 Å². The third-order valence-corrected chi connectivity index (χ3v) is 7.91. The van der Waals surface area contributed by atoms with Gasteiger partial charge in [-0.1, -0.05) is 19.9 Å². The minimum Gasteiger partial charge on any atom is -0.487 e. The van der Waals surface area contributed by atoms with Crippen LogP contribution in [0.3, 0.4) is 0 Å². The Labute approximate surface area is 201 Å². The fraction of sp³-hybridized carbons (Fsp3) is 0.522. The minimum atomic E-state index is -3.94. The molecule has 1 aliphatic rings. The van der Waals surface area contributed by atoms with Crippen LogP contribution in [-0.4, -0.2) is 84.2 Å². The molecule has 0 bridgehead atoms. The smallest absolute Gasteiger partial charge is 0.317 e. The number of sulfonamides is 1. The molecule has 2 amide bonds. The van der Waals surface area contributed by atoms with Crippen LogP contribution in [0.25, 0.3) is 11.1 Å². The Morgan fingerprint density at radius 1 is 1.32 bits per heavy atom. The molecule has 1 aromatic heterocycles. The number of hydrogen-bond acceptors (Lipinski definition) is 7. The van der Waals surface area contributed by atoms with E-state index in [-0.39, 0.29) is 42.3 Å². The van der Waals surface area contributed by atoms with Gasteiger partial charge in [0.05, 0.1) is 13.2 Å². The highest BCUT2D eigenvalue weighted by molar-refractivity contribution is 7.89. The van der Waals surface area contributed by atoms with E-state index in [2.05, 4.69) is 15.3 Å². The molecule has 0 radical (unpaired) electrons. The van der Waals surface area contributed by atoms with Gasteiger partial charge in [0, 0.05) is 50.1 Å². The average molecular weight is 492 g/mol. The zero-order valence-corrected chi connectivity index (χ0v) is 20.8. The molecule has 10 nitrogen and oxygen atoms in total. The lowest BCUT2D eigenvalue weighted by Gasteiger charge is -2.37. The lowest BCUT2D eigenvalue weighted by Crippen LogP contribution is -2.51. The Bertz CT molecular complexity index is 1080. The van der Waals surface area contributed by atoms with E-state index < -0.39 is 22.2 Å². The van der Waals surface area contributed by atoms with Crippen molar-refractivity contribution in [2.24, 2.45) is 5.92 Å². The molecule has 1 aromatic carbocycles. The molecule has 0 unspecified atom stereocenters. The summed E-state index contributed by atoms with van der Waals surface area (Å²) in [5, 5.41) is 12.6. The van der Waals surface area contributed by atoms with Gasteiger partial charge in [0.2, 0.25) is 10.0 Å². The van der Waals surface area contributed by atoms with E-state index in [9.17, 15) is 18.3 Å². The number of aliphatic hydroxyl groups is 1. The summed E-state index contributed by atoms with van der Waals surface area (Å²) in [5.74, 6) is -0.0718. The van der Waals surface area contributed by atoms with Crippen molar-refractivity contribution in [3.05, 3.63) is 36.9 Å². The van der Waals surface area contributed by atoms with Crippen molar-refractivity contribution in [1.82, 2.24) is 24.5 Å². The Balaban J connectivity index is 2.04. The first-order valence-corrected chi connectivity index (χ1v) is 12.8. The van der Waals surface area contributed by atoms with E-state index in [0.29, 0.717) is 12.1 Å². The summed E-state index contributed by atoms with van der Waals surface area (Å²) in [6.07, 6.45) is 5.03. The number of benzene rings is 1. The second-order valence-corrected chi connectivity index (χ2v) is 10.5. The topological polar surface area (TPSA) is 125 Å². The van der Waals surface area contributed by atoms with Gasteiger partial charge in [0.25, 0.3) is 0 Å². The van der Waals surface area contributed by atoms with Gasteiger partial charge in [0.1, 0.15) is 23.1 Å². The van der Waals surface area contributed by atoms with Crippen molar-refractivity contribution in [3.63, 3.8) is 0 Å². The standard InChI is InChI=1S/C23H33N5O5S/c1-5-8-26-23(30)27(4)13-21-16(2)12-28(17(3)14-29)34(31,32)22-7-6-18(9-20(22)33-21)19-10-24-15-25-11-19/h6-7,9-11,15-17,21,29H,5,8,12-14H2,1-4H3,(H,26,30)/t16-,17+,21+/m1/s1. The molecule has 1 aliphatic heterocycles. The average Bonchev–Trinajstić information content (AvgIpc) is 2.84. The summed E-state index contributed by atoms with van der Waals surface area (Å²) in [6, 6.07) is 4.02. The van der Waals surface area contributed by atoms with Crippen LogP contribution in [0.15, 0.2) is 41.8 Å². The number of urea groups is 1. The number of aromatic nitrogens is 2. The van der Waals surface area contributed by atoms with Crippen molar-refractivity contribution in [1.29, 1.82) is 0 Å². The third kappa shape index (κ3) is 5.65. The predicted molar refractivity (Wildman–Crippen MR) is 128 cm³/mol. The van der Waals surface area contributed by atoms with Gasteiger partial charge in [-0.15, -0.1) is 0 Å². The second-order valence-electron chi connectivity index (χ2n) is 8.64. The van der Waals surface area contributed by atoms with E-state index in [1.807, 2.05) is 13.8 Å². The van der Waals surface area contributed by atoms with E-state index >= 15 is 0 Å². The van der Waals surface area contributed by atoms with E-state index in [4.69, 9.17) is 4.74 Å². The molecule has 186 valence electrons.